The van der Waals surface area contributed by atoms with Crippen LogP contribution in [0.4, 0.5) is 0 Å². The van der Waals surface area contributed by atoms with Crippen molar-refractivity contribution < 1.29 is 4.74 Å². The standard InChI is InChI=1S/C15H23NO/c1-12(9-10-16)13-5-4-8-15(11-13)17-14-6-2-3-7-14/h4-5,8,11-12,14H,2-3,6-7,9-10,16H2,1H3. The predicted octanol–water partition coefficient (Wildman–Crippen LogP) is 3.46. The van der Waals surface area contributed by atoms with Crippen LogP contribution in [0.15, 0.2) is 24.3 Å². The predicted molar refractivity (Wildman–Crippen MR) is 71.4 cm³/mol. The molecule has 0 bridgehead atoms. The maximum absolute atomic E-state index is 6.01. The summed E-state index contributed by atoms with van der Waals surface area (Å²) in [6.45, 7) is 2.97. The molecule has 1 saturated carbocycles. The Kier molecular flexibility index (Phi) is 4.43. The molecular formula is C15H23NO. The highest BCUT2D eigenvalue weighted by molar-refractivity contribution is 5.30. The first-order valence-electron chi connectivity index (χ1n) is 6.76. The third-order valence-corrected chi connectivity index (χ3v) is 3.63. The lowest BCUT2D eigenvalue weighted by molar-refractivity contribution is 0.210. The van der Waals surface area contributed by atoms with Gasteiger partial charge in [0.05, 0.1) is 6.10 Å². The molecule has 2 rings (SSSR count). The normalized spacial score (nSPS) is 18.2. The van der Waals surface area contributed by atoms with Gasteiger partial charge in [0.1, 0.15) is 5.75 Å². The van der Waals surface area contributed by atoms with Crippen molar-refractivity contribution in [3.63, 3.8) is 0 Å². The Morgan fingerprint density at radius 1 is 1.35 bits per heavy atom. The lowest BCUT2D eigenvalue weighted by Crippen LogP contribution is -2.11. The monoisotopic (exact) mass is 233 g/mol. The minimum Gasteiger partial charge on any atom is -0.490 e. The van der Waals surface area contributed by atoms with Crippen LogP contribution in [-0.4, -0.2) is 12.6 Å². The molecule has 0 radical (unpaired) electrons. The quantitative estimate of drug-likeness (QED) is 0.845. The van der Waals surface area contributed by atoms with Crippen LogP contribution in [0.5, 0.6) is 5.75 Å². The molecule has 0 saturated heterocycles. The summed E-state index contributed by atoms with van der Waals surface area (Å²) in [7, 11) is 0. The molecule has 0 aromatic heterocycles. The van der Waals surface area contributed by atoms with Gasteiger partial charge >= 0.3 is 0 Å². The Morgan fingerprint density at radius 2 is 2.12 bits per heavy atom. The zero-order valence-corrected chi connectivity index (χ0v) is 10.7. The van der Waals surface area contributed by atoms with E-state index in [4.69, 9.17) is 10.5 Å². The van der Waals surface area contributed by atoms with Crippen LogP contribution < -0.4 is 10.5 Å². The van der Waals surface area contributed by atoms with Gasteiger partial charge in [-0.05, 0) is 62.3 Å². The Balaban J connectivity index is 2.00. The highest BCUT2D eigenvalue weighted by atomic mass is 16.5. The third kappa shape index (κ3) is 3.47. The van der Waals surface area contributed by atoms with Crippen molar-refractivity contribution >= 4 is 0 Å². The number of ether oxygens (including phenoxy) is 1. The summed E-state index contributed by atoms with van der Waals surface area (Å²) >= 11 is 0. The fourth-order valence-corrected chi connectivity index (χ4v) is 2.51. The molecule has 17 heavy (non-hydrogen) atoms. The first-order chi connectivity index (χ1) is 8.29. The summed E-state index contributed by atoms with van der Waals surface area (Å²) in [4.78, 5) is 0. The van der Waals surface area contributed by atoms with E-state index >= 15 is 0 Å². The molecule has 2 heteroatoms. The summed E-state index contributed by atoms with van der Waals surface area (Å²) in [6.07, 6.45) is 6.52. The second kappa shape index (κ2) is 6.06. The van der Waals surface area contributed by atoms with Gasteiger partial charge in [-0.3, -0.25) is 0 Å². The van der Waals surface area contributed by atoms with Crippen molar-refractivity contribution in [2.75, 3.05) is 6.54 Å². The van der Waals surface area contributed by atoms with Gasteiger partial charge in [-0.2, -0.15) is 0 Å². The number of hydrogen-bond donors (Lipinski definition) is 1. The molecule has 0 amide bonds. The van der Waals surface area contributed by atoms with E-state index in [-0.39, 0.29) is 0 Å². The van der Waals surface area contributed by atoms with E-state index in [1.807, 2.05) is 0 Å². The van der Waals surface area contributed by atoms with Crippen molar-refractivity contribution in [3.8, 4) is 5.75 Å². The Labute approximate surface area is 104 Å². The topological polar surface area (TPSA) is 35.2 Å². The minimum atomic E-state index is 0.440. The van der Waals surface area contributed by atoms with Crippen molar-refractivity contribution in [1.29, 1.82) is 0 Å². The van der Waals surface area contributed by atoms with Crippen LogP contribution in [0.1, 0.15) is 50.5 Å². The molecule has 1 aliphatic rings. The molecule has 2 N–H and O–H groups in total. The fourth-order valence-electron chi connectivity index (χ4n) is 2.51. The average Bonchev–Trinajstić information content (AvgIpc) is 2.82. The van der Waals surface area contributed by atoms with Gasteiger partial charge in [0.15, 0.2) is 0 Å². The molecule has 1 aliphatic carbocycles. The molecule has 1 atom stereocenters. The van der Waals surface area contributed by atoms with Crippen LogP contribution in [0.25, 0.3) is 0 Å². The van der Waals surface area contributed by atoms with Crippen molar-refractivity contribution in [2.45, 2.75) is 51.0 Å². The number of nitrogens with two attached hydrogens (primary N) is 1. The van der Waals surface area contributed by atoms with E-state index in [0.717, 1.165) is 18.7 Å². The average molecular weight is 233 g/mol. The summed E-state index contributed by atoms with van der Waals surface area (Å²) in [5.41, 5.74) is 6.94. The lowest BCUT2D eigenvalue weighted by atomic mass is 9.98. The molecule has 94 valence electrons. The largest absolute Gasteiger partial charge is 0.490 e. The molecule has 1 fully saturated rings. The summed E-state index contributed by atoms with van der Waals surface area (Å²) in [5.74, 6) is 1.55. The van der Waals surface area contributed by atoms with Gasteiger partial charge in [0, 0.05) is 0 Å². The second-order valence-electron chi connectivity index (χ2n) is 5.08. The molecule has 1 aromatic rings. The maximum atomic E-state index is 6.01. The highest BCUT2D eigenvalue weighted by Gasteiger charge is 2.16. The zero-order chi connectivity index (χ0) is 12.1. The van der Waals surface area contributed by atoms with Crippen molar-refractivity contribution in [3.05, 3.63) is 29.8 Å². The third-order valence-electron chi connectivity index (χ3n) is 3.63. The highest BCUT2D eigenvalue weighted by Crippen LogP contribution is 2.27. The van der Waals surface area contributed by atoms with E-state index in [0.29, 0.717) is 12.0 Å². The SMILES string of the molecule is CC(CCN)c1cccc(OC2CCCC2)c1. The fraction of sp³-hybridized carbons (Fsp3) is 0.600. The zero-order valence-electron chi connectivity index (χ0n) is 10.7. The van der Waals surface area contributed by atoms with E-state index in [1.165, 1.54) is 31.2 Å². The van der Waals surface area contributed by atoms with Gasteiger partial charge in [0.25, 0.3) is 0 Å². The first kappa shape index (κ1) is 12.4. The van der Waals surface area contributed by atoms with Gasteiger partial charge < -0.3 is 10.5 Å². The molecule has 0 aliphatic heterocycles. The Hall–Kier alpha value is -1.02. The Morgan fingerprint density at radius 3 is 2.82 bits per heavy atom. The molecule has 2 nitrogen and oxygen atoms in total. The van der Waals surface area contributed by atoms with Gasteiger partial charge in [-0.1, -0.05) is 19.1 Å². The summed E-state index contributed by atoms with van der Waals surface area (Å²) in [6, 6.07) is 8.50. The van der Waals surface area contributed by atoms with Crippen LogP contribution in [0.2, 0.25) is 0 Å². The summed E-state index contributed by atoms with van der Waals surface area (Å²) in [5, 5.41) is 0. The molecular weight excluding hydrogens is 210 g/mol. The van der Waals surface area contributed by atoms with Crippen LogP contribution in [0, 0.1) is 0 Å². The van der Waals surface area contributed by atoms with Gasteiger partial charge in [-0.25, -0.2) is 0 Å². The summed E-state index contributed by atoms with van der Waals surface area (Å²) < 4.78 is 6.01. The van der Waals surface area contributed by atoms with Crippen LogP contribution in [0.3, 0.4) is 0 Å². The molecule has 0 spiro atoms. The Bertz CT molecular complexity index is 345. The van der Waals surface area contributed by atoms with Crippen molar-refractivity contribution in [2.24, 2.45) is 5.73 Å². The lowest BCUT2D eigenvalue weighted by Gasteiger charge is -2.16. The van der Waals surface area contributed by atoms with Crippen LogP contribution >= 0.6 is 0 Å². The maximum Gasteiger partial charge on any atom is 0.119 e. The van der Waals surface area contributed by atoms with E-state index in [2.05, 4.69) is 31.2 Å². The first-order valence-corrected chi connectivity index (χ1v) is 6.76. The second-order valence-corrected chi connectivity index (χ2v) is 5.08. The number of rotatable bonds is 5. The molecule has 0 heterocycles. The van der Waals surface area contributed by atoms with Gasteiger partial charge in [0.2, 0.25) is 0 Å². The van der Waals surface area contributed by atoms with E-state index in [1.54, 1.807) is 0 Å². The van der Waals surface area contributed by atoms with Crippen molar-refractivity contribution in [1.82, 2.24) is 0 Å². The van der Waals surface area contributed by atoms with E-state index in [9.17, 15) is 0 Å². The van der Waals surface area contributed by atoms with Gasteiger partial charge in [-0.15, -0.1) is 0 Å². The van der Waals surface area contributed by atoms with E-state index < -0.39 is 0 Å². The smallest absolute Gasteiger partial charge is 0.119 e. The number of hydrogen-bond acceptors (Lipinski definition) is 2. The molecule has 1 unspecified atom stereocenters. The molecule has 1 aromatic carbocycles. The van der Waals surface area contributed by atoms with Crippen LogP contribution in [-0.2, 0) is 0 Å². The minimum absolute atomic E-state index is 0.440. The number of benzene rings is 1.